The fraction of sp³-hybridized carbons (Fsp3) is 0.261. The topological polar surface area (TPSA) is 42.8 Å². The van der Waals surface area contributed by atoms with Crippen molar-refractivity contribution in [3.8, 4) is 11.5 Å². The van der Waals surface area contributed by atoms with Crippen molar-refractivity contribution < 1.29 is 9.47 Å². The standard InChI is InChI=1S/C23H22N2O2/c1-14-5-9-19-18(11-14)22(2,3)23(25-19)13-24-21-17-12-16(26-4)8-6-15(17)7-10-20(21)27-23/h5-13,25H,1-4H3. The minimum absolute atomic E-state index is 0.265. The summed E-state index contributed by atoms with van der Waals surface area (Å²) in [7, 11) is 1.68. The summed E-state index contributed by atoms with van der Waals surface area (Å²) in [6.07, 6.45) is 1.92. The maximum Gasteiger partial charge on any atom is 0.226 e. The lowest BCUT2D eigenvalue weighted by Crippen LogP contribution is -2.56. The van der Waals surface area contributed by atoms with Crippen molar-refractivity contribution in [3.63, 3.8) is 0 Å². The Balaban J connectivity index is 1.65. The number of aliphatic imine (C=N–C) groups is 1. The molecule has 3 aromatic carbocycles. The molecule has 0 saturated heterocycles. The molecule has 5 rings (SSSR count). The van der Waals surface area contributed by atoms with Crippen LogP contribution < -0.4 is 14.8 Å². The fourth-order valence-electron chi connectivity index (χ4n) is 4.15. The van der Waals surface area contributed by atoms with Crippen LogP contribution >= 0.6 is 0 Å². The number of aryl methyl sites for hydroxylation is 1. The lowest BCUT2D eigenvalue weighted by Gasteiger charge is -2.40. The maximum atomic E-state index is 6.60. The molecule has 1 unspecified atom stereocenters. The van der Waals surface area contributed by atoms with E-state index < -0.39 is 5.72 Å². The third kappa shape index (κ3) is 2.13. The van der Waals surface area contributed by atoms with Crippen molar-refractivity contribution in [2.24, 2.45) is 4.99 Å². The minimum Gasteiger partial charge on any atom is -0.497 e. The summed E-state index contributed by atoms with van der Waals surface area (Å²) >= 11 is 0. The van der Waals surface area contributed by atoms with E-state index in [0.29, 0.717) is 0 Å². The monoisotopic (exact) mass is 358 g/mol. The van der Waals surface area contributed by atoms with Crippen LogP contribution in [0.5, 0.6) is 11.5 Å². The summed E-state index contributed by atoms with van der Waals surface area (Å²) in [4.78, 5) is 4.86. The van der Waals surface area contributed by atoms with Crippen molar-refractivity contribution in [1.82, 2.24) is 0 Å². The molecule has 1 N–H and O–H groups in total. The number of methoxy groups -OCH3 is 1. The van der Waals surface area contributed by atoms with E-state index >= 15 is 0 Å². The molecule has 0 aromatic heterocycles. The van der Waals surface area contributed by atoms with E-state index in [9.17, 15) is 0 Å². The number of benzene rings is 3. The van der Waals surface area contributed by atoms with Crippen LogP contribution in [-0.4, -0.2) is 19.0 Å². The van der Waals surface area contributed by atoms with Gasteiger partial charge >= 0.3 is 0 Å². The molecular weight excluding hydrogens is 336 g/mol. The molecule has 0 fully saturated rings. The first-order valence-corrected chi connectivity index (χ1v) is 9.18. The molecule has 4 heteroatoms. The summed E-state index contributed by atoms with van der Waals surface area (Å²) in [5, 5.41) is 5.73. The number of ether oxygens (including phenoxy) is 2. The van der Waals surface area contributed by atoms with E-state index in [-0.39, 0.29) is 5.41 Å². The fourth-order valence-corrected chi connectivity index (χ4v) is 4.15. The zero-order chi connectivity index (χ0) is 18.8. The smallest absolute Gasteiger partial charge is 0.226 e. The van der Waals surface area contributed by atoms with Crippen molar-refractivity contribution >= 4 is 28.4 Å². The predicted octanol–water partition coefficient (Wildman–Crippen LogP) is 5.35. The summed E-state index contributed by atoms with van der Waals surface area (Å²) in [5.74, 6) is 1.59. The van der Waals surface area contributed by atoms with Crippen LogP contribution in [0.2, 0.25) is 0 Å². The molecule has 3 aromatic rings. The van der Waals surface area contributed by atoms with Gasteiger partial charge in [0.15, 0.2) is 0 Å². The molecule has 0 radical (unpaired) electrons. The Labute approximate surface area is 158 Å². The van der Waals surface area contributed by atoms with E-state index in [4.69, 9.17) is 14.5 Å². The van der Waals surface area contributed by atoms with Crippen LogP contribution in [0, 0.1) is 6.92 Å². The van der Waals surface area contributed by atoms with Crippen molar-refractivity contribution in [2.45, 2.75) is 31.9 Å². The van der Waals surface area contributed by atoms with Gasteiger partial charge in [0, 0.05) is 11.1 Å². The average molecular weight is 358 g/mol. The number of nitrogens with one attached hydrogen (secondary N) is 1. The van der Waals surface area contributed by atoms with Crippen molar-refractivity contribution in [2.75, 3.05) is 12.4 Å². The quantitative estimate of drug-likeness (QED) is 0.637. The molecule has 2 aliphatic heterocycles. The Bertz CT molecular complexity index is 1120. The van der Waals surface area contributed by atoms with Gasteiger partial charge in [0.2, 0.25) is 5.72 Å². The molecule has 0 aliphatic carbocycles. The highest BCUT2D eigenvalue weighted by Gasteiger charge is 2.55. The normalized spacial score (nSPS) is 21.5. The number of nitrogens with zero attached hydrogens (tertiary/aromatic N) is 1. The zero-order valence-corrected chi connectivity index (χ0v) is 16.0. The Kier molecular flexibility index (Phi) is 3.15. The third-order valence-corrected chi connectivity index (χ3v) is 5.91. The van der Waals surface area contributed by atoms with Gasteiger partial charge in [0.1, 0.15) is 17.2 Å². The number of hydrogen-bond acceptors (Lipinski definition) is 4. The summed E-state index contributed by atoms with van der Waals surface area (Å²) in [5.41, 5.74) is 3.47. The molecular formula is C23H22N2O2. The van der Waals surface area contributed by atoms with Gasteiger partial charge in [0.05, 0.1) is 18.7 Å². The van der Waals surface area contributed by atoms with Gasteiger partial charge in [-0.3, -0.25) is 4.99 Å². The van der Waals surface area contributed by atoms with Crippen molar-refractivity contribution in [1.29, 1.82) is 0 Å². The molecule has 4 nitrogen and oxygen atoms in total. The second-order valence-electron chi connectivity index (χ2n) is 7.89. The van der Waals surface area contributed by atoms with E-state index in [2.05, 4.69) is 50.4 Å². The summed E-state index contributed by atoms with van der Waals surface area (Å²) < 4.78 is 12.0. The van der Waals surface area contributed by atoms with Gasteiger partial charge in [-0.2, -0.15) is 0 Å². The lowest BCUT2D eigenvalue weighted by molar-refractivity contribution is 0.107. The highest BCUT2D eigenvalue weighted by Crippen LogP contribution is 2.51. The van der Waals surface area contributed by atoms with Crippen LogP contribution in [0.4, 0.5) is 11.4 Å². The number of rotatable bonds is 1. The molecule has 0 amide bonds. The molecule has 2 heterocycles. The Morgan fingerprint density at radius 2 is 1.85 bits per heavy atom. The number of anilines is 1. The second kappa shape index (κ2) is 5.26. The van der Waals surface area contributed by atoms with Crippen molar-refractivity contribution in [3.05, 3.63) is 59.7 Å². The molecule has 0 bridgehead atoms. The Morgan fingerprint density at radius 1 is 1.04 bits per heavy atom. The van der Waals surface area contributed by atoms with Gasteiger partial charge < -0.3 is 14.8 Å². The maximum absolute atomic E-state index is 6.60. The molecule has 1 atom stereocenters. The van der Waals surface area contributed by atoms with E-state index in [0.717, 1.165) is 33.6 Å². The summed E-state index contributed by atoms with van der Waals surface area (Å²) in [6, 6.07) is 16.6. The van der Waals surface area contributed by atoms with Crippen LogP contribution in [-0.2, 0) is 5.41 Å². The van der Waals surface area contributed by atoms with E-state index in [1.54, 1.807) is 7.11 Å². The van der Waals surface area contributed by atoms with Crippen LogP contribution in [0.15, 0.2) is 53.5 Å². The number of hydrogen-bond donors (Lipinski definition) is 1. The van der Waals surface area contributed by atoms with Gasteiger partial charge in [-0.1, -0.05) is 29.8 Å². The third-order valence-electron chi connectivity index (χ3n) is 5.91. The Morgan fingerprint density at radius 3 is 2.67 bits per heavy atom. The highest BCUT2D eigenvalue weighted by molar-refractivity contribution is 6.00. The van der Waals surface area contributed by atoms with E-state index in [1.807, 2.05) is 30.5 Å². The highest BCUT2D eigenvalue weighted by atomic mass is 16.5. The lowest BCUT2D eigenvalue weighted by atomic mass is 9.77. The van der Waals surface area contributed by atoms with E-state index in [1.165, 1.54) is 11.1 Å². The minimum atomic E-state index is -0.706. The molecule has 1 spiro atoms. The van der Waals surface area contributed by atoms with Gasteiger partial charge in [-0.25, -0.2) is 0 Å². The first-order valence-electron chi connectivity index (χ1n) is 9.18. The summed E-state index contributed by atoms with van der Waals surface area (Å²) in [6.45, 7) is 6.52. The molecule has 0 saturated carbocycles. The second-order valence-corrected chi connectivity index (χ2v) is 7.89. The predicted molar refractivity (Wildman–Crippen MR) is 110 cm³/mol. The average Bonchev–Trinajstić information content (AvgIpc) is 2.87. The van der Waals surface area contributed by atoms with Crippen LogP contribution in [0.3, 0.4) is 0 Å². The van der Waals surface area contributed by atoms with Crippen LogP contribution in [0.1, 0.15) is 25.0 Å². The SMILES string of the molecule is COc1ccc2ccc3c(c2c1)N=CC1(Nc2ccc(C)cc2C1(C)C)O3. The van der Waals surface area contributed by atoms with Gasteiger partial charge in [0.25, 0.3) is 0 Å². The first kappa shape index (κ1) is 16.2. The first-order chi connectivity index (χ1) is 12.9. The molecule has 2 aliphatic rings. The van der Waals surface area contributed by atoms with Gasteiger partial charge in [-0.05, 0) is 56.0 Å². The largest absolute Gasteiger partial charge is 0.497 e. The molecule has 136 valence electrons. The number of fused-ring (bicyclic) bond motifs is 4. The zero-order valence-electron chi connectivity index (χ0n) is 16.0. The molecule has 27 heavy (non-hydrogen) atoms. The van der Waals surface area contributed by atoms with Crippen LogP contribution in [0.25, 0.3) is 10.8 Å². The Hall–Kier alpha value is -3.01. The van der Waals surface area contributed by atoms with Gasteiger partial charge in [-0.15, -0.1) is 0 Å².